The molecule has 0 amide bonds. The van der Waals surface area contributed by atoms with Gasteiger partial charge in [-0.3, -0.25) is 9.13 Å². The summed E-state index contributed by atoms with van der Waals surface area (Å²) in [5.74, 6) is -0.0736. The molecule has 0 aliphatic carbocycles. The van der Waals surface area contributed by atoms with Crippen molar-refractivity contribution in [3.8, 4) is 0 Å². The molecule has 1 aliphatic rings. The number of fused-ring (bicyclic) bond motifs is 1. The number of aliphatic hydroxyl groups excluding tert-OH is 1. The summed E-state index contributed by atoms with van der Waals surface area (Å²) in [6.45, 7) is -1.09. The fourth-order valence-corrected chi connectivity index (χ4v) is 4.00. The number of aliphatic hydroxyl groups is 2. The molecule has 1 aliphatic heterocycles. The second kappa shape index (κ2) is 6.53. The predicted molar refractivity (Wildman–Crippen MR) is 80.2 cm³/mol. The number of nitrogen functional groups attached to an aromatic ring is 1. The van der Waals surface area contributed by atoms with E-state index in [1.807, 2.05) is 0 Å². The van der Waals surface area contributed by atoms with E-state index in [0.717, 1.165) is 17.2 Å². The lowest BCUT2D eigenvalue weighted by Gasteiger charge is -2.32. The van der Waals surface area contributed by atoms with Crippen molar-refractivity contribution in [1.82, 2.24) is 19.5 Å². The van der Waals surface area contributed by atoms with Gasteiger partial charge in [0, 0.05) is 0 Å². The summed E-state index contributed by atoms with van der Waals surface area (Å²) in [7, 11) is -11.0. The Hall–Kier alpha value is -1.51. The highest BCUT2D eigenvalue weighted by Gasteiger charge is 2.66. The van der Waals surface area contributed by atoms with Crippen molar-refractivity contribution in [3.05, 3.63) is 12.7 Å². The fraction of sp³-hybridized carbons (Fsp3) is 0.500. The van der Waals surface area contributed by atoms with Gasteiger partial charge in [0.1, 0.15) is 24.1 Å². The Bertz CT molecular complexity index is 957. The van der Waals surface area contributed by atoms with Crippen LogP contribution in [0.1, 0.15) is 6.23 Å². The molecule has 27 heavy (non-hydrogen) atoms. The number of hydrogen-bond acceptors (Lipinski definition) is 12. The lowest BCUT2D eigenvalue weighted by molar-refractivity contribution is -0.343. The molecule has 17 heteroatoms. The second-order valence-corrected chi connectivity index (χ2v) is 8.58. The molecule has 0 bridgehead atoms. The Labute approximate surface area is 149 Å². The molecule has 0 aromatic carbocycles. The topological polar surface area (TPSA) is 249 Å². The van der Waals surface area contributed by atoms with Crippen molar-refractivity contribution in [2.24, 2.45) is 0 Å². The van der Waals surface area contributed by atoms with Crippen molar-refractivity contribution in [1.29, 1.82) is 0 Å². The maximum atomic E-state index is 11.9. The first-order valence-corrected chi connectivity index (χ1v) is 10.1. The van der Waals surface area contributed by atoms with Gasteiger partial charge in [-0.2, -0.15) is 0 Å². The maximum absolute atomic E-state index is 11.9. The number of ether oxygens (including phenoxy) is 1. The van der Waals surface area contributed by atoms with Crippen LogP contribution in [0.3, 0.4) is 0 Å². The lowest BCUT2D eigenvalue weighted by atomic mass is 10.1. The van der Waals surface area contributed by atoms with Crippen LogP contribution < -0.4 is 15.5 Å². The van der Waals surface area contributed by atoms with E-state index in [-0.39, 0.29) is 17.0 Å². The molecule has 0 saturated carbocycles. The number of phosphoric ester groups is 1. The Kier molecular flexibility index (Phi) is 4.89. The van der Waals surface area contributed by atoms with Crippen molar-refractivity contribution < 1.29 is 48.2 Å². The molecule has 0 unspecified atom stereocenters. The molecule has 3 rings (SSSR count). The van der Waals surface area contributed by atoms with Crippen LogP contribution in [-0.2, 0) is 18.4 Å². The summed E-state index contributed by atoms with van der Waals surface area (Å²) in [6, 6.07) is 0. The third-order valence-corrected chi connectivity index (χ3v) is 5.84. The van der Waals surface area contributed by atoms with Crippen LogP contribution in [0.5, 0.6) is 0 Å². The standard InChI is InChI=1S/C10H15N5O10P2/c11-7-5-8(13-2-12-7)15(3-14-5)9-10(17,26(18,19)20)6(16)4(25-9)1-24-27(21,22)23/h2-4,6,9,16-17H,1H2,(H2,11,12,13)(H2,18,19,20)(H2,21,22,23)/p-2/t4-,6-,9-,10+/m1/s1. The number of hydrogen-bond donors (Lipinski definition) is 5. The summed E-state index contributed by atoms with van der Waals surface area (Å²) in [5.41, 5.74) is 5.55. The van der Waals surface area contributed by atoms with Crippen LogP contribution in [-0.4, -0.2) is 63.7 Å². The highest BCUT2D eigenvalue weighted by molar-refractivity contribution is 7.53. The third-order valence-electron chi connectivity index (χ3n) is 3.96. The van der Waals surface area contributed by atoms with Crippen molar-refractivity contribution in [3.63, 3.8) is 0 Å². The molecule has 0 radical (unpaired) electrons. The minimum absolute atomic E-state index is 0.0203. The zero-order chi connectivity index (χ0) is 20.2. The largest absolute Gasteiger partial charge is 0.790 e. The number of imidazole rings is 1. The van der Waals surface area contributed by atoms with Gasteiger partial charge >= 0.3 is 7.60 Å². The van der Waals surface area contributed by atoms with Crippen molar-refractivity contribution in [2.75, 3.05) is 12.3 Å². The molecule has 15 nitrogen and oxygen atoms in total. The molecule has 3 heterocycles. The third kappa shape index (κ3) is 3.39. The molecular weight excluding hydrogens is 412 g/mol. The SMILES string of the molecule is Nc1ncnc2c1ncn2[C@@H]1O[C@H](COP(=O)([O-])[O-])[C@@H](O)[C@]1(O)P(=O)(O)O. The zero-order valence-electron chi connectivity index (χ0n) is 13.1. The number of aromatic nitrogens is 4. The number of rotatable bonds is 5. The monoisotopic (exact) mass is 425 g/mol. The van der Waals surface area contributed by atoms with Crippen molar-refractivity contribution in [2.45, 2.75) is 23.8 Å². The average Bonchev–Trinajstić information content (AvgIpc) is 3.07. The Balaban J connectivity index is 2.07. The fourth-order valence-electron chi connectivity index (χ4n) is 2.68. The van der Waals surface area contributed by atoms with Gasteiger partial charge in [0.25, 0.3) is 0 Å². The quantitative estimate of drug-likeness (QED) is 0.290. The van der Waals surface area contributed by atoms with Gasteiger partial charge in [-0.05, 0) is 0 Å². The smallest absolute Gasteiger partial charge is 0.364 e. The van der Waals surface area contributed by atoms with E-state index in [0.29, 0.717) is 0 Å². The first-order chi connectivity index (χ1) is 12.4. The first kappa shape index (κ1) is 20.2. The highest BCUT2D eigenvalue weighted by Crippen LogP contribution is 2.61. The molecule has 4 atom stereocenters. The summed E-state index contributed by atoms with van der Waals surface area (Å²) in [6.07, 6.45) is -4.09. The van der Waals surface area contributed by atoms with Gasteiger partial charge < -0.3 is 49.3 Å². The van der Waals surface area contributed by atoms with Crippen LogP contribution in [0, 0.1) is 0 Å². The number of nitrogens with two attached hydrogens (primary N) is 1. The van der Waals surface area contributed by atoms with Gasteiger partial charge in [-0.15, -0.1) is 0 Å². The maximum Gasteiger partial charge on any atom is 0.364 e. The average molecular weight is 425 g/mol. The number of phosphoric acid groups is 1. The molecule has 6 N–H and O–H groups in total. The molecular formula is C10H13N5O10P2-2. The molecule has 1 saturated heterocycles. The van der Waals surface area contributed by atoms with Gasteiger partial charge in [0.15, 0.2) is 17.7 Å². The van der Waals surface area contributed by atoms with Crippen molar-refractivity contribution >= 4 is 32.4 Å². The van der Waals surface area contributed by atoms with E-state index >= 15 is 0 Å². The Morgan fingerprint density at radius 3 is 2.59 bits per heavy atom. The molecule has 0 spiro atoms. The first-order valence-electron chi connectivity index (χ1n) is 7.07. The lowest BCUT2D eigenvalue weighted by Crippen LogP contribution is -2.46. The molecule has 150 valence electrons. The van der Waals surface area contributed by atoms with Crippen LogP contribution in [0.15, 0.2) is 12.7 Å². The van der Waals surface area contributed by atoms with Gasteiger partial charge in [0.05, 0.1) is 20.8 Å². The van der Waals surface area contributed by atoms with E-state index < -0.39 is 45.8 Å². The molecule has 1 fully saturated rings. The van der Waals surface area contributed by atoms with Crippen LogP contribution in [0.2, 0.25) is 0 Å². The summed E-state index contributed by atoms with van der Waals surface area (Å²) < 4.78 is 32.6. The predicted octanol–water partition coefficient (Wildman–Crippen LogP) is -3.62. The van der Waals surface area contributed by atoms with E-state index in [1.54, 1.807) is 0 Å². The molecule has 2 aromatic heterocycles. The number of nitrogens with zero attached hydrogens (tertiary/aromatic N) is 4. The van der Waals surface area contributed by atoms with Crippen LogP contribution in [0.4, 0.5) is 5.82 Å². The molecule has 2 aromatic rings. The van der Waals surface area contributed by atoms with Gasteiger partial charge in [-0.1, -0.05) is 0 Å². The Morgan fingerprint density at radius 1 is 1.33 bits per heavy atom. The normalized spacial score (nSPS) is 29.5. The summed E-state index contributed by atoms with van der Waals surface area (Å²) >= 11 is 0. The summed E-state index contributed by atoms with van der Waals surface area (Å²) in [5, 5.41) is 17.6. The highest BCUT2D eigenvalue weighted by atomic mass is 31.2. The zero-order valence-corrected chi connectivity index (χ0v) is 14.9. The van der Waals surface area contributed by atoms with E-state index in [9.17, 15) is 38.9 Å². The Morgan fingerprint density at radius 2 is 2.00 bits per heavy atom. The summed E-state index contributed by atoms with van der Waals surface area (Å²) in [4.78, 5) is 51.8. The van der Waals surface area contributed by atoms with Crippen LogP contribution >= 0.6 is 15.4 Å². The van der Waals surface area contributed by atoms with Gasteiger partial charge in [0.2, 0.25) is 5.34 Å². The minimum atomic E-state index is -5.49. The van der Waals surface area contributed by atoms with E-state index in [2.05, 4.69) is 19.5 Å². The van der Waals surface area contributed by atoms with E-state index in [1.165, 1.54) is 0 Å². The van der Waals surface area contributed by atoms with Crippen LogP contribution in [0.25, 0.3) is 11.2 Å². The second-order valence-electron chi connectivity index (χ2n) is 5.62. The number of anilines is 1. The van der Waals surface area contributed by atoms with E-state index in [4.69, 9.17) is 10.5 Å². The van der Waals surface area contributed by atoms with Gasteiger partial charge in [-0.25, -0.2) is 15.0 Å². The minimum Gasteiger partial charge on any atom is -0.790 e.